The Labute approximate surface area is 201 Å². The number of amides is 1. The number of benzene rings is 1. The number of carbonyl (C=O) groups is 1. The van der Waals surface area contributed by atoms with E-state index in [4.69, 9.17) is 9.31 Å². The van der Waals surface area contributed by atoms with Gasteiger partial charge in [0.05, 0.1) is 11.7 Å². The molecule has 3 aliphatic carbocycles. The zero-order valence-electron chi connectivity index (χ0n) is 21.4. The molecule has 4 nitrogen and oxygen atoms in total. The lowest BCUT2D eigenvalue weighted by molar-refractivity contribution is -0.199. The van der Waals surface area contributed by atoms with Crippen molar-refractivity contribution in [3.8, 4) is 0 Å². The molecule has 4 aliphatic rings. The Morgan fingerprint density at radius 3 is 2.61 bits per heavy atom. The van der Waals surface area contributed by atoms with Crippen LogP contribution in [0.1, 0.15) is 85.1 Å². The van der Waals surface area contributed by atoms with Crippen LogP contribution in [0.25, 0.3) is 0 Å². The molecule has 33 heavy (non-hydrogen) atoms. The number of aryl methyl sites for hydroxylation is 1. The molecule has 0 radical (unpaired) electrons. The lowest BCUT2D eigenvalue weighted by Crippen LogP contribution is -2.65. The Hall–Kier alpha value is -1.33. The van der Waals surface area contributed by atoms with E-state index in [1.54, 1.807) is 0 Å². The molecule has 1 aliphatic heterocycles. The van der Waals surface area contributed by atoms with Gasteiger partial charge in [0.1, 0.15) is 0 Å². The lowest BCUT2D eigenvalue weighted by atomic mass is 9.43. The first-order valence-corrected chi connectivity index (χ1v) is 13.4. The van der Waals surface area contributed by atoms with Gasteiger partial charge in [0.25, 0.3) is 0 Å². The van der Waals surface area contributed by atoms with Crippen molar-refractivity contribution in [1.82, 2.24) is 5.32 Å². The van der Waals surface area contributed by atoms with Crippen molar-refractivity contribution in [1.29, 1.82) is 0 Å². The topological polar surface area (TPSA) is 47.6 Å². The third-order valence-electron chi connectivity index (χ3n) is 9.23. The van der Waals surface area contributed by atoms with Crippen LogP contribution in [0.5, 0.6) is 0 Å². The van der Waals surface area contributed by atoms with Gasteiger partial charge in [-0.2, -0.15) is 0 Å². The van der Waals surface area contributed by atoms with Crippen molar-refractivity contribution in [2.75, 3.05) is 6.54 Å². The van der Waals surface area contributed by atoms with Crippen LogP contribution in [-0.2, 0) is 20.5 Å². The summed E-state index contributed by atoms with van der Waals surface area (Å²) in [5.74, 6) is 1.68. The van der Waals surface area contributed by atoms with Crippen molar-refractivity contribution in [2.45, 2.75) is 104 Å². The second-order valence-electron chi connectivity index (χ2n) is 11.8. The molecule has 6 atom stereocenters. The predicted octanol–water partition coefficient (Wildman–Crippen LogP) is 6.05. The summed E-state index contributed by atoms with van der Waals surface area (Å²) in [6, 6.07) is 10.6. The van der Waals surface area contributed by atoms with E-state index in [1.165, 1.54) is 24.8 Å². The van der Waals surface area contributed by atoms with Crippen molar-refractivity contribution in [3.63, 3.8) is 0 Å². The maximum absolute atomic E-state index is 12.8. The standard InChI is InChI=1S/C28H44BNO3/c1-6-7-9-12-20(2)26(31)30-19-23(16-15-21-13-10-8-11-14-21)29-32-25-18-22-17-24(27(22,3)4)28(25,5)33-29/h8,10-11,13-14,20,22-25H,6-7,9,12,15-19H2,1-5H3,(H,30,31)/t20-,22?,23+,24?,25?,28+/m0/s1. The van der Waals surface area contributed by atoms with Gasteiger partial charge in [-0.05, 0) is 61.8 Å². The van der Waals surface area contributed by atoms with E-state index in [9.17, 15) is 4.79 Å². The fourth-order valence-electron chi connectivity index (χ4n) is 6.67. The summed E-state index contributed by atoms with van der Waals surface area (Å²) < 4.78 is 13.4. The van der Waals surface area contributed by atoms with Crippen LogP contribution >= 0.6 is 0 Å². The quantitative estimate of drug-likeness (QED) is 0.328. The highest BCUT2D eigenvalue weighted by Crippen LogP contribution is 2.66. The van der Waals surface area contributed by atoms with Gasteiger partial charge < -0.3 is 14.6 Å². The number of unbranched alkanes of at least 4 members (excludes halogenated alkanes) is 2. The first-order chi connectivity index (χ1) is 15.8. The summed E-state index contributed by atoms with van der Waals surface area (Å²) in [6.07, 6.45) is 8.92. The molecule has 4 fully saturated rings. The second kappa shape index (κ2) is 10.1. The van der Waals surface area contributed by atoms with Gasteiger partial charge >= 0.3 is 7.12 Å². The molecule has 0 aromatic heterocycles. The molecule has 1 N–H and O–H groups in total. The Morgan fingerprint density at radius 2 is 1.91 bits per heavy atom. The first-order valence-electron chi connectivity index (χ1n) is 13.4. The number of hydrogen-bond acceptors (Lipinski definition) is 3. The van der Waals surface area contributed by atoms with Crippen LogP contribution in [0.15, 0.2) is 30.3 Å². The molecule has 182 valence electrons. The van der Waals surface area contributed by atoms with Gasteiger partial charge in [0.15, 0.2) is 0 Å². The number of nitrogens with one attached hydrogen (secondary N) is 1. The van der Waals surface area contributed by atoms with Crippen molar-refractivity contribution < 1.29 is 14.1 Å². The molecule has 5 rings (SSSR count). The lowest BCUT2D eigenvalue weighted by Gasteiger charge is -2.64. The summed E-state index contributed by atoms with van der Waals surface area (Å²) in [5, 5.41) is 3.26. The molecular weight excluding hydrogens is 409 g/mol. The molecule has 0 spiro atoms. The zero-order valence-corrected chi connectivity index (χ0v) is 21.4. The van der Waals surface area contributed by atoms with Gasteiger partial charge in [-0.1, -0.05) is 77.3 Å². The summed E-state index contributed by atoms with van der Waals surface area (Å²) in [6.45, 7) is 12.0. The highest BCUT2D eigenvalue weighted by Gasteiger charge is 2.68. The largest absolute Gasteiger partial charge is 0.462 e. The van der Waals surface area contributed by atoms with Gasteiger partial charge in [0.2, 0.25) is 5.91 Å². The highest BCUT2D eigenvalue weighted by atomic mass is 16.7. The van der Waals surface area contributed by atoms with E-state index in [-0.39, 0.29) is 36.5 Å². The van der Waals surface area contributed by atoms with E-state index in [0.717, 1.165) is 38.0 Å². The van der Waals surface area contributed by atoms with Crippen molar-refractivity contribution >= 4 is 13.0 Å². The highest BCUT2D eigenvalue weighted by molar-refractivity contribution is 6.47. The number of hydrogen-bond donors (Lipinski definition) is 1. The monoisotopic (exact) mass is 453 g/mol. The van der Waals surface area contributed by atoms with Gasteiger partial charge in [-0.25, -0.2) is 0 Å². The maximum Gasteiger partial charge on any atom is 0.462 e. The second-order valence-corrected chi connectivity index (χ2v) is 11.8. The number of rotatable bonds is 11. The summed E-state index contributed by atoms with van der Waals surface area (Å²) in [7, 11) is -0.241. The van der Waals surface area contributed by atoms with Gasteiger partial charge in [0, 0.05) is 18.3 Å². The summed E-state index contributed by atoms with van der Waals surface area (Å²) >= 11 is 0. The minimum Gasteiger partial charge on any atom is -0.405 e. The maximum atomic E-state index is 12.8. The molecule has 1 aromatic carbocycles. The molecule has 1 aromatic rings. The van der Waals surface area contributed by atoms with Crippen LogP contribution in [-0.4, -0.2) is 31.3 Å². The Balaban J connectivity index is 1.40. The average Bonchev–Trinajstić information content (AvgIpc) is 3.16. The molecule has 5 heteroatoms. The fourth-order valence-corrected chi connectivity index (χ4v) is 6.67. The van der Waals surface area contributed by atoms with Crippen LogP contribution in [0.3, 0.4) is 0 Å². The minimum absolute atomic E-state index is 0.0601. The van der Waals surface area contributed by atoms with Gasteiger partial charge in [-0.3, -0.25) is 4.79 Å². The van der Waals surface area contributed by atoms with Crippen LogP contribution in [0.4, 0.5) is 0 Å². The SMILES string of the molecule is CCCCC[C@H](C)C(=O)NC[C@@H](CCc1ccccc1)B1OC2CC3CC(C3(C)C)[C@@]2(C)O1. The van der Waals surface area contributed by atoms with E-state index >= 15 is 0 Å². The summed E-state index contributed by atoms with van der Waals surface area (Å²) in [4.78, 5) is 12.8. The normalized spacial score (nSPS) is 31.4. The number of carbonyl (C=O) groups excluding carboxylic acids is 1. The fraction of sp³-hybridized carbons (Fsp3) is 0.750. The van der Waals surface area contributed by atoms with Crippen LogP contribution in [0.2, 0.25) is 5.82 Å². The van der Waals surface area contributed by atoms with Crippen molar-refractivity contribution in [2.24, 2.45) is 23.2 Å². The molecule has 3 saturated carbocycles. The first kappa shape index (κ1) is 24.8. The van der Waals surface area contributed by atoms with E-state index in [1.807, 2.05) is 0 Å². The van der Waals surface area contributed by atoms with E-state index in [0.29, 0.717) is 17.9 Å². The Morgan fingerprint density at radius 1 is 1.15 bits per heavy atom. The smallest absolute Gasteiger partial charge is 0.405 e. The molecular formula is C28H44BNO3. The molecule has 1 saturated heterocycles. The predicted molar refractivity (Wildman–Crippen MR) is 135 cm³/mol. The summed E-state index contributed by atoms with van der Waals surface area (Å²) in [5.41, 5.74) is 1.46. The van der Waals surface area contributed by atoms with Crippen LogP contribution in [0, 0.1) is 23.2 Å². The molecule has 1 amide bonds. The Bertz CT molecular complexity index is 800. The third kappa shape index (κ3) is 5.05. The zero-order chi connectivity index (χ0) is 23.6. The van der Waals surface area contributed by atoms with Crippen LogP contribution < -0.4 is 5.32 Å². The van der Waals surface area contributed by atoms with Crippen molar-refractivity contribution in [3.05, 3.63) is 35.9 Å². The molecule has 3 unspecified atom stereocenters. The average molecular weight is 453 g/mol. The van der Waals surface area contributed by atoms with E-state index < -0.39 is 0 Å². The third-order valence-corrected chi connectivity index (χ3v) is 9.23. The molecule has 1 heterocycles. The minimum atomic E-state index is -0.241. The van der Waals surface area contributed by atoms with Gasteiger partial charge in [-0.15, -0.1) is 0 Å². The Kier molecular flexibility index (Phi) is 7.60. The van der Waals surface area contributed by atoms with E-state index in [2.05, 4.69) is 70.3 Å². The molecule has 2 bridgehead atoms.